The van der Waals surface area contributed by atoms with Crippen molar-refractivity contribution in [1.82, 2.24) is 5.32 Å². The van der Waals surface area contributed by atoms with Crippen LogP contribution >= 0.6 is 35.6 Å². The van der Waals surface area contributed by atoms with Crippen molar-refractivity contribution >= 4 is 46.4 Å². The first-order valence-electron chi connectivity index (χ1n) is 8.28. The molecule has 0 saturated heterocycles. The molecule has 2 N–H and O–H groups in total. The molecule has 0 fully saturated rings. The average molecular weight is 395 g/mol. The van der Waals surface area contributed by atoms with Gasteiger partial charge in [0.1, 0.15) is 5.75 Å². The first-order chi connectivity index (χ1) is 12.2. The van der Waals surface area contributed by atoms with Crippen molar-refractivity contribution in [3.05, 3.63) is 59.1 Å². The Bertz CT molecular complexity index is 665. The summed E-state index contributed by atoms with van der Waals surface area (Å²) in [6.07, 6.45) is 1.05. The van der Waals surface area contributed by atoms with Crippen LogP contribution in [0.15, 0.2) is 48.5 Å². The second kappa shape index (κ2) is 11.2. The van der Waals surface area contributed by atoms with Gasteiger partial charge in [0.05, 0.1) is 12.3 Å². The van der Waals surface area contributed by atoms with E-state index >= 15 is 0 Å². The minimum atomic E-state index is 0.620. The molecule has 134 valence electrons. The summed E-state index contributed by atoms with van der Waals surface area (Å²) in [6.45, 7) is 3.44. The number of ether oxygens (including phenoxy) is 1. The fraction of sp³-hybridized carbons (Fsp3) is 0.316. The molecule has 0 heterocycles. The Balaban J connectivity index is 1.61. The van der Waals surface area contributed by atoms with Gasteiger partial charge in [0.25, 0.3) is 0 Å². The molecular formula is C19H23ClN2OS2. The van der Waals surface area contributed by atoms with Crippen molar-refractivity contribution in [1.29, 1.82) is 0 Å². The third kappa shape index (κ3) is 7.55. The fourth-order valence-electron chi connectivity index (χ4n) is 2.16. The zero-order valence-corrected chi connectivity index (χ0v) is 16.6. The summed E-state index contributed by atoms with van der Waals surface area (Å²) in [5.41, 5.74) is 2.19. The SMILES string of the molecule is CCOc1ccccc1NC(=S)NCCCSCc1ccc(Cl)cc1. The highest BCUT2D eigenvalue weighted by atomic mass is 35.5. The lowest BCUT2D eigenvalue weighted by Crippen LogP contribution is -2.29. The third-order valence-corrected chi connectivity index (χ3v) is 4.98. The molecule has 0 atom stereocenters. The molecule has 3 nitrogen and oxygen atoms in total. The maximum atomic E-state index is 5.89. The molecule has 0 aliphatic heterocycles. The first kappa shape index (κ1) is 19.9. The zero-order valence-electron chi connectivity index (χ0n) is 14.3. The Morgan fingerprint density at radius 3 is 2.68 bits per heavy atom. The number of thiocarbonyl (C=S) groups is 1. The predicted molar refractivity (Wildman–Crippen MR) is 114 cm³/mol. The Hall–Kier alpha value is -1.43. The number of hydrogen-bond acceptors (Lipinski definition) is 3. The second-order valence-corrected chi connectivity index (χ2v) is 7.29. The van der Waals surface area contributed by atoms with E-state index < -0.39 is 0 Å². The van der Waals surface area contributed by atoms with Crippen LogP contribution in [0.25, 0.3) is 0 Å². The molecule has 0 bridgehead atoms. The topological polar surface area (TPSA) is 33.3 Å². The van der Waals surface area contributed by atoms with E-state index in [4.69, 9.17) is 28.6 Å². The lowest BCUT2D eigenvalue weighted by atomic mass is 10.2. The quantitative estimate of drug-likeness (QED) is 0.442. The van der Waals surface area contributed by atoms with E-state index in [-0.39, 0.29) is 0 Å². The van der Waals surface area contributed by atoms with Crippen LogP contribution in [-0.4, -0.2) is 24.0 Å². The van der Waals surface area contributed by atoms with E-state index in [1.54, 1.807) is 0 Å². The highest BCUT2D eigenvalue weighted by Crippen LogP contribution is 2.23. The van der Waals surface area contributed by atoms with Gasteiger partial charge in [0.2, 0.25) is 0 Å². The van der Waals surface area contributed by atoms with Crippen molar-refractivity contribution < 1.29 is 4.74 Å². The molecule has 0 amide bonds. The average Bonchev–Trinajstić information content (AvgIpc) is 2.61. The van der Waals surface area contributed by atoms with Crippen molar-refractivity contribution in [3.63, 3.8) is 0 Å². The van der Waals surface area contributed by atoms with Crippen molar-refractivity contribution in [2.45, 2.75) is 19.1 Å². The maximum absolute atomic E-state index is 5.89. The number of rotatable bonds is 9. The van der Waals surface area contributed by atoms with Crippen LogP contribution in [0.5, 0.6) is 5.75 Å². The van der Waals surface area contributed by atoms with Gasteiger partial charge in [-0.15, -0.1) is 0 Å². The molecule has 2 rings (SSSR count). The van der Waals surface area contributed by atoms with Crippen LogP contribution in [0.4, 0.5) is 5.69 Å². The second-order valence-electron chi connectivity index (χ2n) is 5.34. The highest BCUT2D eigenvalue weighted by molar-refractivity contribution is 7.98. The summed E-state index contributed by atoms with van der Waals surface area (Å²) in [4.78, 5) is 0. The monoisotopic (exact) mass is 394 g/mol. The van der Waals surface area contributed by atoms with Gasteiger partial charge >= 0.3 is 0 Å². The minimum absolute atomic E-state index is 0.620. The molecule has 0 spiro atoms. The van der Waals surface area contributed by atoms with E-state index in [1.165, 1.54) is 5.56 Å². The van der Waals surface area contributed by atoms with E-state index in [1.807, 2.05) is 55.1 Å². The van der Waals surface area contributed by atoms with E-state index in [2.05, 4.69) is 22.8 Å². The molecule has 2 aromatic carbocycles. The van der Waals surface area contributed by atoms with Gasteiger partial charge in [-0.1, -0.05) is 35.9 Å². The predicted octanol–water partition coefficient (Wildman–Crippen LogP) is 5.35. The van der Waals surface area contributed by atoms with E-state index in [0.717, 1.165) is 40.9 Å². The fourth-order valence-corrected chi connectivity index (χ4v) is 3.42. The number of anilines is 1. The summed E-state index contributed by atoms with van der Waals surface area (Å²) in [6, 6.07) is 15.8. The summed E-state index contributed by atoms with van der Waals surface area (Å²) >= 11 is 13.1. The minimum Gasteiger partial charge on any atom is -0.492 e. The third-order valence-electron chi connectivity index (χ3n) is 3.37. The molecule has 0 unspecified atom stereocenters. The Morgan fingerprint density at radius 2 is 1.92 bits per heavy atom. The number of thioether (sulfide) groups is 1. The van der Waals surface area contributed by atoms with Crippen LogP contribution < -0.4 is 15.4 Å². The number of halogens is 1. The van der Waals surface area contributed by atoms with Crippen molar-refractivity contribution in [2.75, 3.05) is 24.2 Å². The Morgan fingerprint density at radius 1 is 1.16 bits per heavy atom. The molecular weight excluding hydrogens is 372 g/mol. The van der Waals surface area contributed by atoms with Crippen LogP contribution in [0.1, 0.15) is 18.9 Å². The van der Waals surface area contributed by atoms with Gasteiger partial charge in [-0.25, -0.2) is 0 Å². The van der Waals surface area contributed by atoms with Gasteiger partial charge in [-0.3, -0.25) is 0 Å². The van der Waals surface area contributed by atoms with Crippen LogP contribution in [0.3, 0.4) is 0 Å². The zero-order chi connectivity index (χ0) is 17.9. The molecule has 0 aliphatic carbocycles. The molecule has 25 heavy (non-hydrogen) atoms. The number of benzene rings is 2. The van der Waals surface area contributed by atoms with Crippen molar-refractivity contribution in [3.8, 4) is 5.75 Å². The molecule has 0 radical (unpaired) electrons. The normalized spacial score (nSPS) is 10.3. The number of hydrogen-bond donors (Lipinski definition) is 2. The van der Waals surface area contributed by atoms with Gasteiger partial charge < -0.3 is 15.4 Å². The van der Waals surface area contributed by atoms with Gasteiger partial charge in [-0.05, 0) is 61.1 Å². The molecule has 0 aliphatic rings. The van der Waals surface area contributed by atoms with Crippen LogP contribution in [0.2, 0.25) is 5.02 Å². The lowest BCUT2D eigenvalue weighted by Gasteiger charge is -2.14. The van der Waals surface area contributed by atoms with Crippen LogP contribution in [0, 0.1) is 0 Å². The number of para-hydroxylation sites is 2. The lowest BCUT2D eigenvalue weighted by molar-refractivity contribution is 0.342. The summed E-state index contributed by atoms with van der Waals surface area (Å²) in [5, 5.41) is 7.84. The van der Waals surface area contributed by atoms with Crippen LogP contribution in [-0.2, 0) is 5.75 Å². The molecule has 6 heteroatoms. The standard InChI is InChI=1S/C19H23ClN2OS2/c1-2-23-18-7-4-3-6-17(18)22-19(24)21-12-5-13-25-14-15-8-10-16(20)11-9-15/h3-4,6-11H,2,5,12-14H2,1H3,(H2,21,22,24). The maximum Gasteiger partial charge on any atom is 0.170 e. The highest BCUT2D eigenvalue weighted by Gasteiger charge is 2.04. The smallest absolute Gasteiger partial charge is 0.170 e. The van der Waals surface area contributed by atoms with Gasteiger partial charge in [0, 0.05) is 17.3 Å². The van der Waals surface area contributed by atoms with E-state index in [9.17, 15) is 0 Å². The first-order valence-corrected chi connectivity index (χ1v) is 10.2. The molecule has 0 aromatic heterocycles. The Labute approximate surface area is 164 Å². The molecule has 0 saturated carbocycles. The largest absolute Gasteiger partial charge is 0.492 e. The van der Waals surface area contributed by atoms with Gasteiger partial charge in [-0.2, -0.15) is 11.8 Å². The van der Waals surface area contributed by atoms with Gasteiger partial charge in [0.15, 0.2) is 5.11 Å². The Kier molecular flexibility index (Phi) is 8.94. The summed E-state index contributed by atoms with van der Waals surface area (Å²) in [7, 11) is 0. The number of nitrogens with one attached hydrogen (secondary N) is 2. The molecule has 2 aromatic rings. The van der Waals surface area contributed by atoms with Crippen molar-refractivity contribution in [2.24, 2.45) is 0 Å². The summed E-state index contributed by atoms with van der Waals surface area (Å²) < 4.78 is 5.58. The summed E-state index contributed by atoms with van der Waals surface area (Å²) in [5.74, 6) is 2.89. The van der Waals surface area contributed by atoms with E-state index in [0.29, 0.717) is 11.7 Å².